The average molecular weight is 344 g/mol. The van der Waals surface area contributed by atoms with E-state index in [0.717, 1.165) is 24.1 Å². The summed E-state index contributed by atoms with van der Waals surface area (Å²) < 4.78 is 69.9. The Balaban J connectivity index is 1.92. The van der Waals surface area contributed by atoms with Crippen molar-refractivity contribution in [2.45, 2.75) is 32.1 Å². The van der Waals surface area contributed by atoms with Crippen LogP contribution >= 0.6 is 0 Å². The third-order valence-corrected chi connectivity index (χ3v) is 3.65. The van der Waals surface area contributed by atoms with E-state index in [1.54, 1.807) is 12.1 Å². The Morgan fingerprint density at radius 3 is 1.75 bits per heavy atom. The molecule has 0 aliphatic carbocycles. The van der Waals surface area contributed by atoms with Crippen molar-refractivity contribution in [1.29, 1.82) is 0 Å². The Morgan fingerprint density at radius 2 is 1.25 bits per heavy atom. The highest BCUT2D eigenvalue weighted by molar-refractivity contribution is 5.25. The van der Waals surface area contributed by atoms with Gasteiger partial charge in [-0.2, -0.15) is 22.0 Å². The maximum atomic E-state index is 13.9. The normalized spacial score (nSPS) is 12.4. The summed E-state index contributed by atoms with van der Waals surface area (Å²) in [6.07, 6.45) is -6.99. The van der Waals surface area contributed by atoms with Crippen LogP contribution in [0.3, 0.4) is 0 Å². The number of hydrogen-bond donors (Lipinski definition) is 0. The highest BCUT2D eigenvalue weighted by Gasteiger charge is 2.32. The molecule has 0 unspecified atom stereocenters. The van der Waals surface area contributed by atoms with Crippen LogP contribution in [-0.2, 0) is 29.9 Å². The molecular weight excluding hydrogens is 327 g/mol. The van der Waals surface area contributed by atoms with Gasteiger partial charge in [0.1, 0.15) is 0 Å². The lowest BCUT2D eigenvalue weighted by atomic mass is 10.1. The fraction of sp³-hybridized carbons (Fsp3) is 0.333. The van der Waals surface area contributed by atoms with Crippen molar-refractivity contribution < 1.29 is 26.7 Å². The van der Waals surface area contributed by atoms with Crippen LogP contribution in [0.4, 0.5) is 22.0 Å². The lowest BCUT2D eigenvalue weighted by Crippen LogP contribution is -2.19. The molecule has 24 heavy (non-hydrogen) atoms. The smallest absolute Gasteiger partial charge is 0.316 e. The molecule has 0 saturated carbocycles. The van der Waals surface area contributed by atoms with Gasteiger partial charge in [0.25, 0.3) is 0 Å². The Labute approximate surface area is 137 Å². The summed E-state index contributed by atoms with van der Waals surface area (Å²) in [5.41, 5.74) is 0.431. The van der Waals surface area contributed by atoms with E-state index in [4.69, 9.17) is 0 Å². The molecule has 6 heteroatoms. The number of rotatable bonds is 6. The largest absolute Gasteiger partial charge is 0.416 e. The third-order valence-electron chi connectivity index (χ3n) is 3.65. The zero-order chi connectivity index (χ0) is 17.8. The molecule has 0 aliphatic rings. The van der Waals surface area contributed by atoms with Crippen LogP contribution in [0.2, 0.25) is 0 Å². The third kappa shape index (κ3) is 4.77. The molecule has 0 spiro atoms. The zero-order valence-corrected chi connectivity index (χ0v) is 13.0. The summed E-state index contributed by atoms with van der Waals surface area (Å²) in [5, 5.41) is 0. The van der Waals surface area contributed by atoms with Gasteiger partial charge in [-0.3, -0.25) is 0 Å². The second-order valence-electron chi connectivity index (χ2n) is 5.36. The fourth-order valence-electron chi connectivity index (χ4n) is 2.18. The van der Waals surface area contributed by atoms with Crippen molar-refractivity contribution in [3.63, 3.8) is 0 Å². The van der Waals surface area contributed by atoms with Crippen LogP contribution in [-0.4, -0.2) is 6.61 Å². The highest BCUT2D eigenvalue weighted by atomic mass is 19.4. The van der Waals surface area contributed by atoms with E-state index < -0.39 is 17.8 Å². The Hall–Kier alpha value is -1.95. The van der Waals surface area contributed by atoms with E-state index in [1.165, 1.54) is 24.3 Å². The standard InChI is InChI=1S/C18H17F5O/c1-2-13-3-9-16(10-4-13)18(22,23)24-12-11-14-5-7-15(8-6-14)17(19,20)21/h3-10H,2,11-12H2,1H3. The summed E-state index contributed by atoms with van der Waals surface area (Å²) in [5.74, 6) is 0. The van der Waals surface area contributed by atoms with E-state index in [-0.39, 0.29) is 18.6 Å². The number of hydrogen-bond acceptors (Lipinski definition) is 1. The first-order valence-electron chi connectivity index (χ1n) is 7.49. The molecule has 0 atom stereocenters. The second kappa shape index (κ2) is 7.30. The molecular formula is C18H17F5O. The number of ether oxygens (including phenoxy) is 1. The molecule has 0 bridgehead atoms. The van der Waals surface area contributed by atoms with Crippen molar-refractivity contribution in [3.8, 4) is 0 Å². The summed E-state index contributed by atoms with van der Waals surface area (Å²) in [7, 11) is 0. The molecule has 130 valence electrons. The summed E-state index contributed by atoms with van der Waals surface area (Å²) in [4.78, 5) is 0. The molecule has 0 heterocycles. The monoisotopic (exact) mass is 344 g/mol. The molecule has 0 saturated heterocycles. The van der Waals surface area contributed by atoms with Crippen molar-refractivity contribution in [3.05, 3.63) is 70.8 Å². The van der Waals surface area contributed by atoms with Gasteiger partial charge in [-0.05, 0) is 36.1 Å². The van der Waals surface area contributed by atoms with Gasteiger partial charge < -0.3 is 4.74 Å². The minimum Gasteiger partial charge on any atom is -0.316 e. The lowest BCUT2D eigenvalue weighted by Gasteiger charge is -2.17. The number of halogens is 5. The average Bonchev–Trinajstić information content (AvgIpc) is 2.54. The fourth-order valence-corrected chi connectivity index (χ4v) is 2.18. The van der Waals surface area contributed by atoms with Gasteiger partial charge in [0.05, 0.1) is 17.7 Å². The van der Waals surface area contributed by atoms with Crippen molar-refractivity contribution in [1.82, 2.24) is 0 Å². The van der Waals surface area contributed by atoms with E-state index in [2.05, 4.69) is 4.74 Å². The predicted molar refractivity (Wildman–Crippen MR) is 80.8 cm³/mol. The molecule has 2 aromatic carbocycles. The van der Waals surface area contributed by atoms with Gasteiger partial charge in [0.2, 0.25) is 0 Å². The first-order chi connectivity index (χ1) is 11.2. The van der Waals surface area contributed by atoms with Gasteiger partial charge >= 0.3 is 12.3 Å². The first-order valence-corrected chi connectivity index (χ1v) is 7.49. The van der Waals surface area contributed by atoms with Crippen LogP contribution in [0, 0.1) is 0 Å². The molecule has 2 rings (SSSR count). The first kappa shape index (κ1) is 18.4. The molecule has 0 aliphatic heterocycles. The zero-order valence-electron chi connectivity index (χ0n) is 13.0. The van der Waals surface area contributed by atoms with Gasteiger partial charge in [0, 0.05) is 0 Å². The molecule has 0 aromatic heterocycles. The lowest BCUT2D eigenvalue weighted by molar-refractivity contribution is -0.248. The number of aryl methyl sites for hydroxylation is 1. The number of alkyl halides is 5. The minimum absolute atomic E-state index is 0.0980. The number of benzene rings is 2. The van der Waals surface area contributed by atoms with E-state index >= 15 is 0 Å². The van der Waals surface area contributed by atoms with Crippen molar-refractivity contribution in [2.75, 3.05) is 6.61 Å². The van der Waals surface area contributed by atoms with Crippen LogP contribution < -0.4 is 0 Å². The second-order valence-corrected chi connectivity index (χ2v) is 5.36. The molecule has 0 radical (unpaired) electrons. The van der Waals surface area contributed by atoms with Gasteiger partial charge in [0.15, 0.2) is 0 Å². The maximum absolute atomic E-state index is 13.9. The quantitative estimate of drug-likeness (QED) is 0.622. The predicted octanol–water partition coefficient (Wildman–Crippen LogP) is 5.58. The SMILES string of the molecule is CCc1ccc(C(F)(F)OCCc2ccc(C(F)(F)F)cc2)cc1. The minimum atomic E-state index is -4.41. The van der Waals surface area contributed by atoms with Crippen molar-refractivity contribution in [2.24, 2.45) is 0 Å². The van der Waals surface area contributed by atoms with E-state index in [9.17, 15) is 22.0 Å². The summed E-state index contributed by atoms with van der Waals surface area (Å²) in [6, 6.07) is 10.2. The van der Waals surface area contributed by atoms with Crippen molar-refractivity contribution >= 4 is 0 Å². The van der Waals surface area contributed by atoms with Gasteiger partial charge in [-0.25, -0.2) is 0 Å². The molecule has 0 N–H and O–H groups in total. The van der Waals surface area contributed by atoms with Crippen LogP contribution in [0.5, 0.6) is 0 Å². The Kier molecular flexibility index (Phi) is 5.59. The van der Waals surface area contributed by atoms with Crippen LogP contribution in [0.1, 0.15) is 29.2 Å². The molecule has 2 aromatic rings. The van der Waals surface area contributed by atoms with E-state index in [0.29, 0.717) is 5.56 Å². The topological polar surface area (TPSA) is 9.23 Å². The molecule has 0 fully saturated rings. The molecule has 0 amide bonds. The summed E-state index contributed by atoms with van der Waals surface area (Å²) >= 11 is 0. The highest BCUT2D eigenvalue weighted by Crippen LogP contribution is 2.31. The Bertz CT molecular complexity index is 645. The molecule has 1 nitrogen and oxygen atoms in total. The van der Waals surface area contributed by atoms with Gasteiger partial charge in [-0.1, -0.05) is 43.3 Å². The van der Waals surface area contributed by atoms with Gasteiger partial charge in [-0.15, -0.1) is 0 Å². The Morgan fingerprint density at radius 1 is 0.750 bits per heavy atom. The van der Waals surface area contributed by atoms with Crippen LogP contribution in [0.25, 0.3) is 0 Å². The maximum Gasteiger partial charge on any atom is 0.416 e. The van der Waals surface area contributed by atoms with E-state index in [1.807, 2.05) is 6.92 Å². The summed E-state index contributed by atoms with van der Waals surface area (Å²) in [6.45, 7) is 1.63. The van der Waals surface area contributed by atoms with Crippen LogP contribution in [0.15, 0.2) is 48.5 Å².